The summed E-state index contributed by atoms with van der Waals surface area (Å²) in [5, 5.41) is 12.9. The van der Waals surface area contributed by atoms with E-state index in [4.69, 9.17) is 0 Å². The zero-order chi connectivity index (χ0) is 22.3. The summed E-state index contributed by atoms with van der Waals surface area (Å²) in [6, 6.07) is 20.9. The van der Waals surface area contributed by atoms with Gasteiger partial charge in [-0.3, -0.25) is 14.6 Å². The predicted molar refractivity (Wildman–Crippen MR) is 126 cm³/mol. The molecular weight excluding hydrogens is 386 g/mol. The Hall–Kier alpha value is -2.21. The Kier molecular flexibility index (Phi) is 7.87. The average molecular weight is 424 g/mol. The van der Waals surface area contributed by atoms with Gasteiger partial charge in [-0.2, -0.15) is 0 Å². The third-order valence-electron chi connectivity index (χ3n) is 6.06. The van der Waals surface area contributed by atoms with Crippen molar-refractivity contribution < 1.29 is 9.90 Å². The van der Waals surface area contributed by atoms with E-state index in [9.17, 15) is 9.90 Å². The number of rotatable bonds is 5. The number of nitrogens with one attached hydrogen (secondary N) is 1. The number of hydrogen-bond acceptors (Lipinski definition) is 4. The van der Waals surface area contributed by atoms with E-state index in [1.807, 2.05) is 19.1 Å². The molecule has 0 radical (unpaired) electrons. The van der Waals surface area contributed by atoms with Gasteiger partial charge in [0, 0.05) is 46.2 Å². The zero-order valence-electron chi connectivity index (χ0n) is 19.2. The van der Waals surface area contributed by atoms with Crippen LogP contribution in [0.5, 0.6) is 0 Å². The van der Waals surface area contributed by atoms with Crippen molar-refractivity contribution in [2.45, 2.75) is 57.8 Å². The minimum Gasteiger partial charge on any atom is -0.389 e. The fourth-order valence-electron chi connectivity index (χ4n) is 4.58. The minimum absolute atomic E-state index is 0.0549. The van der Waals surface area contributed by atoms with Gasteiger partial charge in [0.05, 0.1) is 11.1 Å². The van der Waals surface area contributed by atoms with E-state index >= 15 is 0 Å². The number of likely N-dealkylation sites (tertiary alicyclic amines) is 2. The van der Waals surface area contributed by atoms with Crippen molar-refractivity contribution in [2.75, 3.05) is 26.2 Å². The molecule has 2 unspecified atom stereocenters. The van der Waals surface area contributed by atoms with E-state index < -0.39 is 5.60 Å². The van der Waals surface area contributed by atoms with E-state index in [-0.39, 0.29) is 11.4 Å². The van der Waals surface area contributed by atoms with Crippen LogP contribution >= 0.6 is 0 Å². The number of carbonyl (C=O) groups is 1. The molecule has 168 valence electrons. The lowest BCUT2D eigenvalue weighted by molar-refractivity contribution is -0.120. The SMILES string of the molecule is CC(=O)NC1(C)CCN(Cc2ccccc2)C1.CC1(O)CCN(Cc2ccccc2)C1. The van der Waals surface area contributed by atoms with Crippen LogP contribution in [0.25, 0.3) is 0 Å². The van der Waals surface area contributed by atoms with Gasteiger partial charge in [-0.15, -0.1) is 0 Å². The van der Waals surface area contributed by atoms with Crippen molar-refractivity contribution in [1.29, 1.82) is 0 Å². The van der Waals surface area contributed by atoms with E-state index in [0.717, 1.165) is 52.1 Å². The molecule has 5 heteroatoms. The van der Waals surface area contributed by atoms with Gasteiger partial charge in [0.1, 0.15) is 0 Å². The molecule has 2 aromatic carbocycles. The summed E-state index contributed by atoms with van der Waals surface area (Å²) in [4.78, 5) is 15.8. The van der Waals surface area contributed by atoms with Crippen molar-refractivity contribution in [2.24, 2.45) is 0 Å². The second kappa shape index (κ2) is 10.4. The number of amides is 1. The van der Waals surface area contributed by atoms with Crippen molar-refractivity contribution >= 4 is 5.91 Å². The van der Waals surface area contributed by atoms with E-state index in [1.54, 1.807) is 6.92 Å². The molecule has 2 aliphatic heterocycles. The lowest BCUT2D eigenvalue weighted by atomic mass is 10.0. The van der Waals surface area contributed by atoms with Gasteiger partial charge in [0.2, 0.25) is 5.91 Å². The van der Waals surface area contributed by atoms with Gasteiger partial charge < -0.3 is 10.4 Å². The molecule has 2 aromatic rings. The smallest absolute Gasteiger partial charge is 0.217 e. The molecule has 2 N–H and O–H groups in total. The first kappa shape index (κ1) is 23.5. The summed E-state index contributed by atoms with van der Waals surface area (Å²) in [5.74, 6) is 0.0639. The van der Waals surface area contributed by atoms with Gasteiger partial charge in [-0.1, -0.05) is 60.7 Å². The second-order valence-corrected chi connectivity index (χ2v) is 9.63. The topological polar surface area (TPSA) is 55.8 Å². The molecule has 2 saturated heterocycles. The molecule has 5 nitrogen and oxygen atoms in total. The van der Waals surface area contributed by atoms with Crippen LogP contribution in [-0.4, -0.2) is 58.1 Å². The quantitative estimate of drug-likeness (QED) is 0.774. The maximum atomic E-state index is 11.1. The largest absolute Gasteiger partial charge is 0.389 e. The molecule has 0 saturated carbocycles. The van der Waals surface area contributed by atoms with Gasteiger partial charge in [-0.25, -0.2) is 0 Å². The number of β-amino-alcohol motifs (C(OH)–C–C–N with tert-alkyl or cyclic N) is 1. The van der Waals surface area contributed by atoms with Gasteiger partial charge in [-0.05, 0) is 37.8 Å². The third kappa shape index (κ3) is 7.76. The van der Waals surface area contributed by atoms with Crippen LogP contribution in [0.1, 0.15) is 44.7 Å². The van der Waals surface area contributed by atoms with Gasteiger partial charge in [0.25, 0.3) is 0 Å². The van der Waals surface area contributed by atoms with Crippen LogP contribution in [0.3, 0.4) is 0 Å². The van der Waals surface area contributed by atoms with Gasteiger partial charge >= 0.3 is 0 Å². The lowest BCUT2D eigenvalue weighted by Gasteiger charge is -2.25. The molecule has 0 aromatic heterocycles. The minimum atomic E-state index is -0.477. The Balaban J connectivity index is 0.000000179. The molecule has 2 atom stereocenters. The van der Waals surface area contributed by atoms with Crippen LogP contribution in [-0.2, 0) is 17.9 Å². The average Bonchev–Trinajstić information content (AvgIpc) is 3.24. The second-order valence-electron chi connectivity index (χ2n) is 9.63. The first-order chi connectivity index (χ1) is 14.7. The van der Waals surface area contributed by atoms with Crippen LogP contribution in [0.2, 0.25) is 0 Å². The maximum Gasteiger partial charge on any atom is 0.217 e. The van der Waals surface area contributed by atoms with Crippen LogP contribution < -0.4 is 5.32 Å². The first-order valence-corrected chi connectivity index (χ1v) is 11.3. The van der Waals surface area contributed by atoms with Crippen LogP contribution in [0, 0.1) is 0 Å². The monoisotopic (exact) mass is 423 g/mol. The van der Waals surface area contributed by atoms with Crippen LogP contribution in [0.4, 0.5) is 0 Å². The Labute approximate surface area is 187 Å². The molecule has 0 bridgehead atoms. The molecular formula is C26H37N3O2. The van der Waals surface area contributed by atoms with Crippen molar-refractivity contribution in [3.8, 4) is 0 Å². The summed E-state index contributed by atoms with van der Waals surface area (Å²) < 4.78 is 0. The van der Waals surface area contributed by atoms with Crippen LogP contribution in [0.15, 0.2) is 60.7 Å². The molecule has 2 aliphatic rings. The fourth-order valence-corrected chi connectivity index (χ4v) is 4.58. The molecule has 31 heavy (non-hydrogen) atoms. The van der Waals surface area contributed by atoms with E-state index in [1.165, 1.54) is 11.1 Å². The van der Waals surface area contributed by atoms with Gasteiger partial charge in [0.15, 0.2) is 0 Å². The highest BCUT2D eigenvalue weighted by molar-refractivity contribution is 5.73. The Bertz CT molecular complexity index is 825. The summed E-state index contributed by atoms with van der Waals surface area (Å²) >= 11 is 0. The summed E-state index contributed by atoms with van der Waals surface area (Å²) in [5.41, 5.74) is 2.12. The molecule has 0 spiro atoms. The Morgan fingerprint density at radius 3 is 1.81 bits per heavy atom. The normalized spacial score (nSPS) is 26.3. The zero-order valence-corrected chi connectivity index (χ0v) is 19.2. The Morgan fingerprint density at radius 2 is 1.35 bits per heavy atom. The highest BCUT2D eigenvalue weighted by atomic mass is 16.3. The number of hydrogen-bond donors (Lipinski definition) is 2. The van der Waals surface area contributed by atoms with E-state index in [2.05, 4.69) is 70.6 Å². The number of carbonyl (C=O) groups excluding carboxylic acids is 1. The van der Waals surface area contributed by atoms with Crippen molar-refractivity contribution in [1.82, 2.24) is 15.1 Å². The van der Waals surface area contributed by atoms with Crippen molar-refractivity contribution in [3.05, 3.63) is 71.8 Å². The van der Waals surface area contributed by atoms with E-state index in [0.29, 0.717) is 0 Å². The summed E-state index contributed by atoms with van der Waals surface area (Å²) in [6.45, 7) is 11.3. The summed E-state index contributed by atoms with van der Waals surface area (Å²) in [6.07, 6.45) is 1.92. The highest BCUT2D eigenvalue weighted by Gasteiger charge is 2.34. The number of nitrogens with zero attached hydrogens (tertiary/aromatic N) is 2. The number of aliphatic hydroxyl groups is 1. The summed E-state index contributed by atoms with van der Waals surface area (Å²) in [7, 11) is 0. The third-order valence-corrected chi connectivity index (χ3v) is 6.06. The highest BCUT2D eigenvalue weighted by Crippen LogP contribution is 2.23. The maximum absolute atomic E-state index is 11.1. The molecule has 1 amide bonds. The fraction of sp³-hybridized carbons (Fsp3) is 0.500. The standard InChI is InChI=1S/C14H20N2O.C12H17NO/c1-12(17)15-14(2)8-9-16(11-14)10-13-6-4-3-5-7-13;1-12(14)7-8-13(10-12)9-11-5-3-2-4-6-11/h3-7H,8-11H2,1-2H3,(H,15,17);2-6,14H,7-10H2,1H3. The Morgan fingerprint density at radius 1 is 0.871 bits per heavy atom. The van der Waals surface area contributed by atoms with Crippen molar-refractivity contribution in [3.63, 3.8) is 0 Å². The molecule has 4 rings (SSSR count). The lowest BCUT2D eigenvalue weighted by Crippen LogP contribution is -2.46. The molecule has 0 aliphatic carbocycles. The predicted octanol–water partition coefficient (Wildman–Crippen LogP) is 3.43. The number of benzene rings is 2. The molecule has 2 fully saturated rings. The molecule has 2 heterocycles. The first-order valence-electron chi connectivity index (χ1n) is 11.3.